The largest absolute Gasteiger partial charge is 0.494 e. The van der Waals surface area contributed by atoms with E-state index >= 15 is 0 Å². The highest BCUT2D eigenvalue weighted by atomic mass is 19.1. The quantitative estimate of drug-likeness (QED) is 0.826. The van der Waals surface area contributed by atoms with Crippen molar-refractivity contribution in [1.82, 2.24) is 5.32 Å². The van der Waals surface area contributed by atoms with Gasteiger partial charge in [-0.25, -0.2) is 8.78 Å². The minimum Gasteiger partial charge on any atom is -0.494 e. The third kappa shape index (κ3) is 4.78. The number of aryl methyl sites for hydroxylation is 1. The number of hydrogen-bond donors (Lipinski definition) is 1. The molecule has 0 saturated heterocycles. The van der Waals surface area contributed by atoms with Crippen LogP contribution in [0.4, 0.5) is 8.78 Å². The molecule has 3 nitrogen and oxygen atoms in total. The number of amides is 1. The number of para-hydroxylation sites is 1. The molecule has 1 atom stereocenters. The third-order valence-corrected chi connectivity index (χ3v) is 3.70. The summed E-state index contributed by atoms with van der Waals surface area (Å²) in [6.07, 6.45) is 0.790. The third-order valence-electron chi connectivity index (χ3n) is 3.70. The van der Waals surface area contributed by atoms with Crippen molar-refractivity contribution in [2.45, 2.75) is 32.7 Å². The lowest BCUT2D eigenvalue weighted by Crippen LogP contribution is -2.27. The molecule has 1 amide bonds. The summed E-state index contributed by atoms with van der Waals surface area (Å²) in [7, 11) is 0. The van der Waals surface area contributed by atoms with Gasteiger partial charge in [-0.15, -0.1) is 0 Å². The summed E-state index contributed by atoms with van der Waals surface area (Å²) in [5.41, 5.74) is 1.22. The summed E-state index contributed by atoms with van der Waals surface area (Å²) in [6, 6.07) is 10.4. The fourth-order valence-electron chi connectivity index (χ4n) is 2.50. The van der Waals surface area contributed by atoms with Crippen molar-refractivity contribution in [3.8, 4) is 5.75 Å². The van der Waals surface area contributed by atoms with E-state index in [2.05, 4.69) is 5.32 Å². The molecule has 1 unspecified atom stereocenters. The van der Waals surface area contributed by atoms with Crippen LogP contribution in [0, 0.1) is 11.6 Å². The minimum atomic E-state index is -0.663. The van der Waals surface area contributed by atoms with E-state index in [1.807, 2.05) is 31.2 Å². The Hall–Kier alpha value is -2.43. The second-order valence-electron chi connectivity index (χ2n) is 5.50. The molecule has 2 rings (SSSR count). The van der Waals surface area contributed by atoms with Gasteiger partial charge in [0.1, 0.15) is 17.4 Å². The van der Waals surface area contributed by atoms with Crippen LogP contribution in [0.25, 0.3) is 0 Å². The van der Waals surface area contributed by atoms with Crippen LogP contribution < -0.4 is 10.1 Å². The Labute approximate surface area is 140 Å². The standard InChI is InChI=1S/C19H21F2NO2/c1-3-24-18-7-5-4-6-14(18)8-11-19(23)22-13(2)16-10-9-15(20)12-17(16)21/h4-7,9-10,12-13H,3,8,11H2,1-2H3,(H,22,23). The monoisotopic (exact) mass is 333 g/mol. The molecule has 0 aliphatic heterocycles. The Bertz CT molecular complexity index is 704. The fourth-order valence-corrected chi connectivity index (χ4v) is 2.50. The number of benzene rings is 2. The molecule has 0 aliphatic carbocycles. The Morgan fingerprint density at radius 2 is 1.96 bits per heavy atom. The maximum Gasteiger partial charge on any atom is 0.220 e. The molecule has 0 heterocycles. The van der Waals surface area contributed by atoms with Crippen LogP contribution in [0.2, 0.25) is 0 Å². The van der Waals surface area contributed by atoms with Crippen molar-refractivity contribution in [2.75, 3.05) is 6.61 Å². The summed E-state index contributed by atoms with van der Waals surface area (Å²) in [5.74, 6) is -0.727. The molecule has 0 aliphatic rings. The molecule has 0 fully saturated rings. The van der Waals surface area contributed by atoms with Gasteiger partial charge in [0.05, 0.1) is 12.6 Å². The lowest BCUT2D eigenvalue weighted by Gasteiger charge is -2.15. The molecular weight excluding hydrogens is 312 g/mol. The van der Waals surface area contributed by atoms with E-state index < -0.39 is 17.7 Å². The van der Waals surface area contributed by atoms with E-state index in [9.17, 15) is 13.6 Å². The topological polar surface area (TPSA) is 38.3 Å². The molecule has 1 N–H and O–H groups in total. The van der Waals surface area contributed by atoms with Gasteiger partial charge in [0.15, 0.2) is 0 Å². The molecule has 0 radical (unpaired) electrons. The summed E-state index contributed by atoms with van der Waals surface area (Å²) >= 11 is 0. The van der Waals surface area contributed by atoms with Crippen molar-refractivity contribution in [2.24, 2.45) is 0 Å². The first-order chi connectivity index (χ1) is 11.5. The van der Waals surface area contributed by atoms with Crippen molar-refractivity contribution in [3.05, 3.63) is 65.2 Å². The fraction of sp³-hybridized carbons (Fsp3) is 0.316. The number of carbonyl (C=O) groups excluding carboxylic acids is 1. The summed E-state index contributed by atoms with van der Waals surface area (Å²) in [6.45, 7) is 4.13. The van der Waals surface area contributed by atoms with E-state index in [1.165, 1.54) is 12.1 Å². The molecule has 2 aromatic rings. The Kier molecular flexibility index (Phi) is 6.29. The van der Waals surface area contributed by atoms with Crippen LogP contribution in [-0.4, -0.2) is 12.5 Å². The Morgan fingerprint density at radius 3 is 2.67 bits per heavy atom. The molecule has 5 heteroatoms. The molecule has 0 aromatic heterocycles. The SMILES string of the molecule is CCOc1ccccc1CCC(=O)NC(C)c1ccc(F)cc1F. The lowest BCUT2D eigenvalue weighted by atomic mass is 10.1. The van der Waals surface area contributed by atoms with Gasteiger partial charge < -0.3 is 10.1 Å². The maximum atomic E-state index is 13.7. The van der Waals surface area contributed by atoms with Crippen molar-refractivity contribution >= 4 is 5.91 Å². The first kappa shape index (κ1) is 17.9. The van der Waals surface area contributed by atoms with Crippen LogP contribution in [0.15, 0.2) is 42.5 Å². The van der Waals surface area contributed by atoms with E-state index in [0.29, 0.717) is 13.0 Å². The summed E-state index contributed by atoms with van der Waals surface area (Å²) in [4.78, 5) is 12.1. The number of hydrogen-bond acceptors (Lipinski definition) is 2. The van der Waals surface area contributed by atoms with Crippen molar-refractivity contribution in [1.29, 1.82) is 0 Å². The molecule has 24 heavy (non-hydrogen) atoms. The van der Waals surface area contributed by atoms with Crippen LogP contribution in [0.5, 0.6) is 5.75 Å². The minimum absolute atomic E-state index is 0.197. The highest BCUT2D eigenvalue weighted by molar-refractivity contribution is 5.76. The molecule has 0 saturated carbocycles. The van der Waals surface area contributed by atoms with E-state index in [1.54, 1.807) is 6.92 Å². The molecule has 0 spiro atoms. The number of nitrogens with one attached hydrogen (secondary N) is 1. The number of carbonyl (C=O) groups is 1. The van der Waals surface area contributed by atoms with Gasteiger partial charge in [-0.2, -0.15) is 0 Å². The molecule has 2 aromatic carbocycles. The first-order valence-corrected chi connectivity index (χ1v) is 7.96. The summed E-state index contributed by atoms with van der Waals surface area (Å²) < 4.78 is 32.2. The number of rotatable bonds is 7. The highest BCUT2D eigenvalue weighted by Gasteiger charge is 2.14. The predicted octanol–water partition coefficient (Wildman–Crippen LogP) is 4.17. The molecular formula is C19H21F2NO2. The van der Waals surface area contributed by atoms with Gasteiger partial charge in [0.25, 0.3) is 0 Å². The average Bonchev–Trinajstić information content (AvgIpc) is 2.54. The van der Waals surface area contributed by atoms with Gasteiger partial charge in [-0.3, -0.25) is 4.79 Å². The van der Waals surface area contributed by atoms with Gasteiger partial charge in [0, 0.05) is 18.1 Å². The van der Waals surface area contributed by atoms with E-state index in [4.69, 9.17) is 4.74 Å². The highest BCUT2D eigenvalue weighted by Crippen LogP contribution is 2.21. The van der Waals surface area contributed by atoms with E-state index in [0.717, 1.165) is 17.4 Å². The van der Waals surface area contributed by atoms with Crippen molar-refractivity contribution in [3.63, 3.8) is 0 Å². The van der Waals surface area contributed by atoms with Crippen molar-refractivity contribution < 1.29 is 18.3 Å². The zero-order valence-corrected chi connectivity index (χ0v) is 13.8. The van der Waals surface area contributed by atoms with Crippen LogP contribution in [0.3, 0.4) is 0 Å². The van der Waals surface area contributed by atoms with Gasteiger partial charge in [-0.1, -0.05) is 24.3 Å². The maximum absolute atomic E-state index is 13.7. The normalized spacial score (nSPS) is 11.8. The lowest BCUT2D eigenvalue weighted by molar-refractivity contribution is -0.121. The van der Waals surface area contributed by atoms with Crippen LogP contribution in [0.1, 0.15) is 37.4 Å². The Balaban J connectivity index is 1.94. The average molecular weight is 333 g/mol. The zero-order chi connectivity index (χ0) is 17.5. The van der Waals surface area contributed by atoms with Gasteiger partial charge >= 0.3 is 0 Å². The van der Waals surface area contributed by atoms with Gasteiger partial charge in [-0.05, 0) is 38.0 Å². The van der Waals surface area contributed by atoms with Crippen LogP contribution in [-0.2, 0) is 11.2 Å². The first-order valence-electron chi connectivity index (χ1n) is 7.96. The predicted molar refractivity (Wildman–Crippen MR) is 88.8 cm³/mol. The number of ether oxygens (including phenoxy) is 1. The van der Waals surface area contributed by atoms with Gasteiger partial charge in [0.2, 0.25) is 5.91 Å². The molecule has 128 valence electrons. The number of halogens is 2. The van der Waals surface area contributed by atoms with Crippen LogP contribution >= 0.6 is 0 Å². The second-order valence-corrected chi connectivity index (χ2v) is 5.50. The zero-order valence-electron chi connectivity index (χ0n) is 13.8. The van der Waals surface area contributed by atoms with E-state index in [-0.39, 0.29) is 17.9 Å². The molecule has 0 bridgehead atoms. The smallest absolute Gasteiger partial charge is 0.220 e. The Morgan fingerprint density at radius 1 is 1.21 bits per heavy atom. The second kappa shape index (κ2) is 8.43. The summed E-state index contributed by atoms with van der Waals surface area (Å²) in [5, 5.41) is 2.74.